The van der Waals surface area contributed by atoms with E-state index in [-0.39, 0.29) is 23.4 Å². The maximum Gasteiger partial charge on any atom is 0.266 e. The van der Waals surface area contributed by atoms with Crippen LogP contribution in [0.15, 0.2) is 47.4 Å². The Balaban J connectivity index is 1.56. The molecule has 1 aromatic heterocycles. The van der Waals surface area contributed by atoms with Gasteiger partial charge in [-0.05, 0) is 24.8 Å². The molecule has 6 heteroatoms. The molecule has 1 aromatic carbocycles. The second-order valence-electron chi connectivity index (χ2n) is 6.44. The summed E-state index contributed by atoms with van der Waals surface area (Å²) in [5.74, 6) is 0.00100. The number of rotatable bonds is 5. The molecule has 1 saturated heterocycles. The van der Waals surface area contributed by atoms with E-state index in [9.17, 15) is 9.59 Å². The largest absolute Gasteiger partial charge is 0.370 e. The SMILES string of the molecule is CCC(C(=O)NC1CCN(c2cn[nH]c(=O)c2)CC1)c1ccccc1. The Bertz CT molecular complexity index is 751. The molecule has 0 saturated carbocycles. The van der Waals surface area contributed by atoms with Gasteiger partial charge in [0, 0.05) is 25.2 Å². The fourth-order valence-electron chi connectivity index (χ4n) is 3.38. The van der Waals surface area contributed by atoms with E-state index in [2.05, 4.69) is 20.4 Å². The highest BCUT2D eigenvalue weighted by Crippen LogP contribution is 2.22. The summed E-state index contributed by atoms with van der Waals surface area (Å²) in [6.45, 7) is 3.65. The van der Waals surface area contributed by atoms with Crippen molar-refractivity contribution in [1.82, 2.24) is 15.5 Å². The van der Waals surface area contributed by atoms with Crippen LogP contribution >= 0.6 is 0 Å². The predicted molar refractivity (Wildman–Crippen MR) is 97.7 cm³/mol. The van der Waals surface area contributed by atoms with E-state index in [0.29, 0.717) is 0 Å². The lowest BCUT2D eigenvalue weighted by atomic mass is 9.94. The summed E-state index contributed by atoms with van der Waals surface area (Å²) in [6.07, 6.45) is 4.18. The Kier molecular flexibility index (Phi) is 5.48. The van der Waals surface area contributed by atoms with E-state index in [1.54, 1.807) is 12.3 Å². The summed E-state index contributed by atoms with van der Waals surface area (Å²) in [6, 6.07) is 11.7. The second kappa shape index (κ2) is 7.96. The number of amides is 1. The van der Waals surface area contributed by atoms with Crippen molar-refractivity contribution in [2.45, 2.75) is 38.1 Å². The molecule has 25 heavy (non-hydrogen) atoms. The number of hydrogen-bond donors (Lipinski definition) is 2. The first kappa shape index (κ1) is 17.2. The quantitative estimate of drug-likeness (QED) is 0.873. The van der Waals surface area contributed by atoms with E-state index in [1.807, 2.05) is 37.3 Å². The van der Waals surface area contributed by atoms with Crippen LogP contribution in [0.4, 0.5) is 5.69 Å². The fraction of sp³-hybridized carbons (Fsp3) is 0.421. The van der Waals surface area contributed by atoms with E-state index < -0.39 is 0 Å². The smallest absolute Gasteiger partial charge is 0.266 e. The van der Waals surface area contributed by atoms with Gasteiger partial charge >= 0.3 is 0 Å². The number of aromatic nitrogens is 2. The average Bonchev–Trinajstić information content (AvgIpc) is 2.64. The van der Waals surface area contributed by atoms with Crippen LogP contribution in [0.5, 0.6) is 0 Å². The van der Waals surface area contributed by atoms with E-state index in [0.717, 1.165) is 43.6 Å². The predicted octanol–water partition coefficient (Wildman–Crippen LogP) is 2.05. The number of carbonyl (C=O) groups is 1. The van der Waals surface area contributed by atoms with Gasteiger partial charge in [0.2, 0.25) is 5.91 Å². The molecule has 2 aromatic rings. The summed E-state index contributed by atoms with van der Waals surface area (Å²) in [7, 11) is 0. The summed E-state index contributed by atoms with van der Waals surface area (Å²) in [4.78, 5) is 26.2. The number of aromatic amines is 1. The van der Waals surface area contributed by atoms with E-state index in [1.165, 1.54) is 0 Å². The number of nitrogens with one attached hydrogen (secondary N) is 2. The molecule has 1 unspecified atom stereocenters. The number of carbonyl (C=O) groups excluding carboxylic acids is 1. The fourth-order valence-corrected chi connectivity index (χ4v) is 3.38. The van der Waals surface area contributed by atoms with Gasteiger partial charge in [-0.15, -0.1) is 0 Å². The Morgan fingerprint density at radius 2 is 2.04 bits per heavy atom. The Hall–Kier alpha value is -2.63. The van der Waals surface area contributed by atoms with Crippen molar-refractivity contribution in [3.05, 3.63) is 58.5 Å². The molecule has 6 nitrogen and oxygen atoms in total. The minimum atomic E-state index is -0.193. The lowest BCUT2D eigenvalue weighted by Gasteiger charge is -2.34. The molecule has 1 aliphatic rings. The van der Waals surface area contributed by atoms with Gasteiger partial charge in [-0.1, -0.05) is 37.3 Å². The number of hydrogen-bond acceptors (Lipinski definition) is 4. The van der Waals surface area contributed by atoms with Crippen molar-refractivity contribution in [1.29, 1.82) is 0 Å². The monoisotopic (exact) mass is 340 g/mol. The molecule has 1 atom stereocenters. The summed E-state index contributed by atoms with van der Waals surface area (Å²) < 4.78 is 0. The molecule has 0 bridgehead atoms. The normalized spacial score (nSPS) is 16.4. The standard InChI is InChI=1S/C19H24N4O2/c1-2-17(14-6-4-3-5-7-14)19(25)21-15-8-10-23(11-9-15)16-12-18(24)22-20-13-16/h3-7,12-13,15,17H,2,8-11H2,1H3,(H,21,25)(H,22,24). The third kappa shape index (κ3) is 4.26. The number of benzene rings is 1. The first-order valence-electron chi connectivity index (χ1n) is 8.82. The molecule has 2 heterocycles. The molecule has 1 fully saturated rings. The molecule has 2 N–H and O–H groups in total. The van der Waals surface area contributed by atoms with Crippen molar-refractivity contribution in [3.63, 3.8) is 0 Å². The zero-order valence-electron chi connectivity index (χ0n) is 14.4. The van der Waals surface area contributed by atoms with Crippen LogP contribution in [-0.4, -0.2) is 35.2 Å². The van der Waals surface area contributed by atoms with Crippen LogP contribution in [0, 0.1) is 0 Å². The minimum absolute atomic E-state index is 0.101. The zero-order chi connectivity index (χ0) is 17.6. The Morgan fingerprint density at radius 3 is 2.68 bits per heavy atom. The number of anilines is 1. The van der Waals surface area contributed by atoms with Crippen molar-refractivity contribution >= 4 is 11.6 Å². The number of H-pyrrole nitrogens is 1. The maximum atomic E-state index is 12.7. The van der Waals surface area contributed by atoms with Crippen molar-refractivity contribution < 1.29 is 4.79 Å². The Labute approximate surface area is 147 Å². The van der Waals surface area contributed by atoms with Crippen LogP contribution < -0.4 is 15.8 Å². The van der Waals surface area contributed by atoms with Gasteiger partial charge in [0.15, 0.2) is 0 Å². The lowest BCUT2D eigenvalue weighted by Crippen LogP contribution is -2.46. The number of piperidine rings is 1. The van der Waals surface area contributed by atoms with Crippen molar-refractivity contribution in [2.24, 2.45) is 0 Å². The summed E-state index contributed by atoms with van der Waals surface area (Å²) in [5, 5.41) is 9.44. The molecule has 3 rings (SSSR count). The molecular formula is C19H24N4O2. The first-order chi connectivity index (χ1) is 12.2. The molecule has 0 radical (unpaired) electrons. The van der Waals surface area contributed by atoms with Gasteiger partial charge in [-0.25, -0.2) is 5.10 Å². The number of nitrogens with zero attached hydrogens (tertiary/aromatic N) is 2. The van der Waals surface area contributed by atoms with E-state index >= 15 is 0 Å². The van der Waals surface area contributed by atoms with Gasteiger partial charge in [-0.2, -0.15) is 5.10 Å². The van der Waals surface area contributed by atoms with Crippen LogP contribution in [-0.2, 0) is 4.79 Å². The van der Waals surface area contributed by atoms with Crippen LogP contribution in [0.2, 0.25) is 0 Å². The third-order valence-corrected chi connectivity index (χ3v) is 4.78. The molecule has 0 aliphatic carbocycles. The molecule has 1 aliphatic heterocycles. The van der Waals surface area contributed by atoms with Gasteiger partial charge in [-0.3, -0.25) is 9.59 Å². The first-order valence-corrected chi connectivity index (χ1v) is 8.82. The average molecular weight is 340 g/mol. The lowest BCUT2D eigenvalue weighted by molar-refractivity contribution is -0.123. The van der Waals surface area contributed by atoms with Gasteiger partial charge in [0.1, 0.15) is 0 Å². The highest BCUT2D eigenvalue weighted by Gasteiger charge is 2.25. The topological polar surface area (TPSA) is 78.1 Å². The molecule has 132 valence electrons. The molecule has 0 spiro atoms. The minimum Gasteiger partial charge on any atom is -0.370 e. The zero-order valence-corrected chi connectivity index (χ0v) is 14.4. The van der Waals surface area contributed by atoms with Gasteiger partial charge < -0.3 is 10.2 Å². The second-order valence-corrected chi connectivity index (χ2v) is 6.44. The van der Waals surface area contributed by atoms with Gasteiger partial charge in [0.25, 0.3) is 5.56 Å². The Morgan fingerprint density at radius 1 is 1.32 bits per heavy atom. The van der Waals surface area contributed by atoms with Crippen LogP contribution in [0.1, 0.15) is 37.7 Å². The van der Waals surface area contributed by atoms with Gasteiger partial charge in [0.05, 0.1) is 17.8 Å². The molecular weight excluding hydrogens is 316 g/mol. The maximum absolute atomic E-state index is 12.7. The van der Waals surface area contributed by atoms with Crippen LogP contribution in [0.25, 0.3) is 0 Å². The van der Waals surface area contributed by atoms with Crippen molar-refractivity contribution in [2.75, 3.05) is 18.0 Å². The third-order valence-electron chi connectivity index (χ3n) is 4.78. The molecule has 1 amide bonds. The van der Waals surface area contributed by atoms with Crippen LogP contribution in [0.3, 0.4) is 0 Å². The highest BCUT2D eigenvalue weighted by molar-refractivity contribution is 5.83. The van der Waals surface area contributed by atoms with Crippen molar-refractivity contribution in [3.8, 4) is 0 Å². The summed E-state index contributed by atoms with van der Waals surface area (Å²) >= 11 is 0. The summed E-state index contributed by atoms with van der Waals surface area (Å²) in [5.41, 5.74) is 1.71. The highest BCUT2D eigenvalue weighted by atomic mass is 16.2. The van der Waals surface area contributed by atoms with E-state index in [4.69, 9.17) is 0 Å².